The van der Waals surface area contributed by atoms with E-state index in [2.05, 4.69) is 23.0 Å². The second kappa shape index (κ2) is 3.31. The molecule has 0 fully saturated rings. The Labute approximate surface area is 95.2 Å². The molecule has 3 aromatic heterocycles. The maximum absolute atomic E-state index is 11.5. The van der Waals surface area contributed by atoms with Gasteiger partial charge >= 0.3 is 0 Å². The molecule has 0 atom stereocenters. The lowest BCUT2D eigenvalue weighted by Crippen LogP contribution is -2.05. The van der Waals surface area contributed by atoms with Crippen LogP contribution in [-0.2, 0) is 0 Å². The van der Waals surface area contributed by atoms with Gasteiger partial charge in [-0.2, -0.15) is 0 Å². The summed E-state index contributed by atoms with van der Waals surface area (Å²) < 4.78 is 1.93. The number of fused-ring (bicyclic) bond motifs is 1. The van der Waals surface area contributed by atoms with E-state index in [1.54, 1.807) is 17.4 Å². The Hall–Kier alpha value is -1.88. The lowest BCUT2D eigenvalue weighted by Gasteiger charge is -1.99. The molecule has 0 aromatic carbocycles. The number of H-pyrrole nitrogens is 1. The van der Waals surface area contributed by atoms with Gasteiger partial charge in [0.2, 0.25) is 0 Å². The van der Waals surface area contributed by atoms with E-state index in [1.165, 1.54) is 11.2 Å². The average Bonchev–Trinajstić information content (AvgIpc) is 2.84. The second-order valence-electron chi connectivity index (χ2n) is 3.54. The molecule has 0 spiro atoms. The summed E-state index contributed by atoms with van der Waals surface area (Å²) in [6.45, 7) is 2.06. The van der Waals surface area contributed by atoms with Crippen LogP contribution in [0.1, 0.15) is 4.88 Å². The Balaban J connectivity index is 2.33. The molecule has 0 aliphatic heterocycles. The van der Waals surface area contributed by atoms with E-state index >= 15 is 0 Å². The zero-order valence-corrected chi connectivity index (χ0v) is 9.41. The topological polar surface area (TPSA) is 50.7 Å². The SMILES string of the molecule is Cc1ccc(-n2ccc3c(=O)[nH]cnc32)s1. The Morgan fingerprint density at radius 2 is 2.25 bits per heavy atom. The lowest BCUT2D eigenvalue weighted by atomic mass is 10.4. The molecule has 1 N–H and O–H groups in total. The van der Waals surface area contributed by atoms with E-state index in [0.29, 0.717) is 11.0 Å². The molecule has 3 heterocycles. The first kappa shape index (κ1) is 9.35. The molecule has 5 heteroatoms. The van der Waals surface area contributed by atoms with Gasteiger partial charge in [-0.05, 0) is 25.1 Å². The first-order chi connectivity index (χ1) is 7.75. The normalized spacial score (nSPS) is 11.1. The maximum atomic E-state index is 11.5. The molecule has 4 nitrogen and oxygen atoms in total. The zero-order chi connectivity index (χ0) is 11.1. The fraction of sp³-hybridized carbons (Fsp3) is 0.0909. The zero-order valence-electron chi connectivity index (χ0n) is 8.60. The van der Waals surface area contributed by atoms with Crippen LogP contribution in [0.5, 0.6) is 0 Å². The van der Waals surface area contributed by atoms with Gasteiger partial charge in [-0.25, -0.2) is 4.98 Å². The fourth-order valence-corrected chi connectivity index (χ4v) is 2.54. The maximum Gasteiger partial charge on any atom is 0.260 e. The molecule has 3 aromatic rings. The number of hydrogen-bond donors (Lipinski definition) is 1. The van der Waals surface area contributed by atoms with Gasteiger partial charge in [0, 0.05) is 11.1 Å². The van der Waals surface area contributed by atoms with Crippen LogP contribution < -0.4 is 5.56 Å². The number of rotatable bonds is 1. The molecule has 0 bridgehead atoms. The number of hydrogen-bond acceptors (Lipinski definition) is 3. The minimum atomic E-state index is -0.1000. The van der Waals surface area contributed by atoms with E-state index in [0.717, 1.165) is 5.00 Å². The third kappa shape index (κ3) is 1.29. The van der Waals surface area contributed by atoms with Crippen molar-refractivity contribution in [3.8, 4) is 5.00 Å². The summed E-state index contributed by atoms with van der Waals surface area (Å²) in [6.07, 6.45) is 3.31. The third-order valence-corrected chi connectivity index (χ3v) is 3.45. The highest BCUT2D eigenvalue weighted by molar-refractivity contribution is 7.14. The van der Waals surface area contributed by atoms with Crippen LogP contribution in [0, 0.1) is 6.92 Å². The van der Waals surface area contributed by atoms with Gasteiger partial charge in [0.25, 0.3) is 5.56 Å². The molecule has 0 saturated heterocycles. The summed E-state index contributed by atoms with van der Waals surface area (Å²) in [5, 5.41) is 1.69. The van der Waals surface area contributed by atoms with Crippen molar-refractivity contribution in [1.29, 1.82) is 0 Å². The largest absolute Gasteiger partial charge is 0.313 e. The van der Waals surface area contributed by atoms with Crippen molar-refractivity contribution in [3.63, 3.8) is 0 Å². The van der Waals surface area contributed by atoms with E-state index in [-0.39, 0.29) is 5.56 Å². The smallest absolute Gasteiger partial charge is 0.260 e. The molecule has 80 valence electrons. The molecule has 16 heavy (non-hydrogen) atoms. The molecular weight excluding hydrogens is 222 g/mol. The highest BCUT2D eigenvalue weighted by atomic mass is 32.1. The van der Waals surface area contributed by atoms with Crippen LogP contribution in [0.3, 0.4) is 0 Å². The predicted octanol–water partition coefficient (Wildman–Crippen LogP) is 2.08. The fourth-order valence-electron chi connectivity index (χ4n) is 1.69. The summed E-state index contributed by atoms with van der Waals surface area (Å²) in [5.74, 6) is 0. The van der Waals surface area contributed by atoms with Crippen LogP contribution in [0.25, 0.3) is 16.0 Å². The molecule has 0 aliphatic rings. The molecule has 0 amide bonds. The Morgan fingerprint density at radius 1 is 1.38 bits per heavy atom. The van der Waals surface area contributed by atoms with Crippen molar-refractivity contribution in [2.24, 2.45) is 0 Å². The molecule has 0 unspecified atom stereocenters. The van der Waals surface area contributed by atoms with Crippen LogP contribution in [0.2, 0.25) is 0 Å². The summed E-state index contributed by atoms with van der Waals surface area (Å²) in [5.41, 5.74) is 0.600. The predicted molar refractivity (Wildman–Crippen MR) is 64.3 cm³/mol. The Bertz CT molecular complexity index is 707. The molecule has 0 aliphatic carbocycles. The van der Waals surface area contributed by atoms with Gasteiger partial charge < -0.3 is 4.98 Å². The summed E-state index contributed by atoms with van der Waals surface area (Å²) in [6, 6.07) is 5.87. The monoisotopic (exact) mass is 231 g/mol. The van der Waals surface area contributed by atoms with Gasteiger partial charge in [-0.1, -0.05) is 0 Å². The first-order valence-electron chi connectivity index (χ1n) is 4.87. The summed E-state index contributed by atoms with van der Waals surface area (Å²) >= 11 is 1.68. The van der Waals surface area contributed by atoms with E-state index in [9.17, 15) is 4.79 Å². The number of aromatic nitrogens is 3. The van der Waals surface area contributed by atoms with Crippen molar-refractivity contribution < 1.29 is 0 Å². The van der Waals surface area contributed by atoms with Crippen molar-refractivity contribution in [3.05, 3.63) is 46.0 Å². The van der Waals surface area contributed by atoms with Gasteiger partial charge in [0.15, 0.2) is 5.65 Å². The van der Waals surface area contributed by atoms with Crippen LogP contribution in [0.4, 0.5) is 0 Å². The molecule has 3 rings (SSSR count). The molecule has 0 radical (unpaired) electrons. The van der Waals surface area contributed by atoms with Crippen molar-refractivity contribution in [1.82, 2.24) is 14.5 Å². The van der Waals surface area contributed by atoms with Gasteiger partial charge in [0.05, 0.1) is 11.7 Å². The second-order valence-corrected chi connectivity index (χ2v) is 4.81. The van der Waals surface area contributed by atoms with Crippen molar-refractivity contribution in [2.75, 3.05) is 0 Å². The number of aryl methyl sites for hydroxylation is 1. The van der Waals surface area contributed by atoms with Gasteiger partial charge in [-0.3, -0.25) is 9.36 Å². The summed E-state index contributed by atoms with van der Waals surface area (Å²) in [7, 11) is 0. The van der Waals surface area contributed by atoms with Gasteiger partial charge in [-0.15, -0.1) is 11.3 Å². The number of aromatic amines is 1. The van der Waals surface area contributed by atoms with Crippen molar-refractivity contribution >= 4 is 22.4 Å². The van der Waals surface area contributed by atoms with Crippen LogP contribution in [-0.4, -0.2) is 14.5 Å². The van der Waals surface area contributed by atoms with Gasteiger partial charge in [0.1, 0.15) is 5.00 Å². The van der Waals surface area contributed by atoms with E-state index in [4.69, 9.17) is 0 Å². The van der Waals surface area contributed by atoms with Crippen LogP contribution in [0.15, 0.2) is 35.5 Å². The number of nitrogens with one attached hydrogen (secondary N) is 1. The minimum Gasteiger partial charge on any atom is -0.313 e. The summed E-state index contributed by atoms with van der Waals surface area (Å²) in [4.78, 5) is 19.5. The number of nitrogens with zero attached hydrogens (tertiary/aromatic N) is 2. The third-order valence-electron chi connectivity index (χ3n) is 2.45. The highest BCUT2D eigenvalue weighted by Gasteiger charge is 2.07. The Kier molecular flexibility index (Phi) is 1.94. The number of thiophene rings is 1. The highest BCUT2D eigenvalue weighted by Crippen LogP contribution is 2.23. The minimum absolute atomic E-state index is 0.1000. The Morgan fingerprint density at radius 3 is 3.00 bits per heavy atom. The average molecular weight is 231 g/mol. The van der Waals surface area contributed by atoms with E-state index < -0.39 is 0 Å². The quantitative estimate of drug-likeness (QED) is 0.697. The standard InChI is InChI=1S/C11H9N3OS/c1-7-2-3-9(16-7)14-5-4-8-10(14)12-6-13-11(8)15/h2-6H,1H3,(H,12,13,15). The lowest BCUT2D eigenvalue weighted by molar-refractivity contribution is 1.09. The molecule has 0 saturated carbocycles. The first-order valence-corrected chi connectivity index (χ1v) is 5.69. The van der Waals surface area contributed by atoms with E-state index in [1.807, 2.05) is 16.8 Å². The van der Waals surface area contributed by atoms with Crippen molar-refractivity contribution in [2.45, 2.75) is 6.92 Å². The van der Waals surface area contributed by atoms with Crippen LogP contribution >= 0.6 is 11.3 Å². The molecular formula is C11H9N3OS.